The Balaban J connectivity index is 2.22. The molecule has 0 amide bonds. The third kappa shape index (κ3) is 5.29. The van der Waals surface area contributed by atoms with E-state index in [1.807, 2.05) is 0 Å². The molecule has 1 heterocycles. The van der Waals surface area contributed by atoms with Crippen molar-refractivity contribution in [2.24, 2.45) is 0 Å². The van der Waals surface area contributed by atoms with E-state index in [9.17, 15) is 8.42 Å². The zero-order valence-electron chi connectivity index (χ0n) is 9.62. The maximum absolute atomic E-state index is 11.8. The topological polar surface area (TPSA) is 49.4 Å². The average Bonchev–Trinajstić information content (AvgIpc) is 2.30. The average molecular weight is 360 g/mol. The van der Waals surface area contributed by atoms with Gasteiger partial charge in [-0.05, 0) is 30.1 Å². The Morgan fingerprint density at radius 1 is 1.06 bits per heavy atom. The van der Waals surface area contributed by atoms with Crippen LogP contribution in [0.5, 0.6) is 0 Å². The largest absolute Gasteiger partial charge is 0.279 e. The Labute approximate surface area is 112 Å². The summed E-state index contributed by atoms with van der Waals surface area (Å²) in [5.74, 6) is 0. The Bertz CT molecular complexity index is 277. The van der Waals surface area contributed by atoms with Crippen LogP contribution in [0, 0.1) is 0 Å². The van der Waals surface area contributed by atoms with Crippen LogP contribution in [0.1, 0.15) is 38.5 Å². The molecule has 96 valence electrons. The van der Waals surface area contributed by atoms with Crippen molar-refractivity contribution >= 4 is 32.8 Å². The van der Waals surface area contributed by atoms with Crippen molar-refractivity contribution in [3.63, 3.8) is 0 Å². The molecule has 1 aliphatic heterocycles. The monoisotopic (exact) mass is 360 g/mol. The number of halogens is 1. The third-order valence-electron chi connectivity index (χ3n) is 2.75. The molecule has 0 saturated carbocycles. The number of piperidine rings is 1. The Morgan fingerprint density at radius 2 is 1.75 bits per heavy atom. The first-order valence-corrected chi connectivity index (χ1v) is 8.94. The van der Waals surface area contributed by atoms with Gasteiger partial charge in [-0.1, -0.05) is 35.4 Å². The molecule has 0 atom stereocenters. The second-order valence-corrected chi connectivity index (χ2v) is 6.94. The fourth-order valence-electron chi connectivity index (χ4n) is 1.79. The summed E-state index contributed by atoms with van der Waals surface area (Å²) in [6.07, 6.45) is 6.36. The number of nitrogens with zero attached hydrogens (tertiary/aromatic N) is 1. The molecule has 1 aliphatic rings. The van der Waals surface area contributed by atoms with Crippen LogP contribution in [-0.2, 0) is 10.2 Å². The minimum atomic E-state index is -3.19. The van der Waals surface area contributed by atoms with Crippen LogP contribution >= 0.6 is 22.6 Å². The second kappa shape index (κ2) is 7.84. The van der Waals surface area contributed by atoms with E-state index in [0.29, 0.717) is 19.6 Å². The SMILES string of the molecule is O=S(=O)(NCCCCCI)N1CCCCC1. The molecule has 1 saturated heterocycles. The molecule has 0 aromatic carbocycles. The molecule has 0 aromatic rings. The van der Waals surface area contributed by atoms with E-state index in [-0.39, 0.29) is 0 Å². The van der Waals surface area contributed by atoms with Crippen molar-refractivity contribution in [1.82, 2.24) is 9.03 Å². The minimum absolute atomic E-state index is 0.579. The van der Waals surface area contributed by atoms with Crippen LogP contribution in [-0.4, -0.2) is 36.8 Å². The zero-order valence-corrected chi connectivity index (χ0v) is 12.6. The van der Waals surface area contributed by atoms with E-state index in [0.717, 1.165) is 36.5 Å². The van der Waals surface area contributed by atoms with Gasteiger partial charge in [0.2, 0.25) is 0 Å². The highest BCUT2D eigenvalue weighted by molar-refractivity contribution is 14.1. The van der Waals surface area contributed by atoms with E-state index in [1.54, 1.807) is 4.31 Å². The molecule has 6 heteroatoms. The number of nitrogens with one attached hydrogen (secondary N) is 1. The predicted octanol–water partition coefficient (Wildman–Crippen LogP) is 1.91. The van der Waals surface area contributed by atoms with Gasteiger partial charge in [-0.15, -0.1) is 0 Å². The number of hydrogen-bond donors (Lipinski definition) is 1. The quantitative estimate of drug-likeness (QED) is 0.428. The van der Waals surface area contributed by atoms with Crippen molar-refractivity contribution in [2.45, 2.75) is 38.5 Å². The van der Waals surface area contributed by atoms with E-state index < -0.39 is 10.2 Å². The first-order chi connectivity index (χ1) is 7.67. The van der Waals surface area contributed by atoms with Gasteiger partial charge in [0.1, 0.15) is 0 Å². The van der Waals surface area contributed by atoms with Crippen molar-refractivity contribution in [3.05, 3.63) is 0 Å². The fourth-order valence-corrected chi connectivity index (χ4v) is 3.66. The summed E-state index contributed by atoms with van der Waals surface area (Å²) in [5, 5.41) is 0. The summed E-state index contributed by atoms with van der Waals surface area (Å²) in [5.41, 5.74) is 0. The molecule has 1 fully saturated rings. The molecule has 0 aliphatic carbocycles. The summed E-state index contributed by atoms with van der Waals surface area (Å²) in [4.78, 5) is 0. The van der Waals surface area contributed by atoms with Gasteiger partial charge in [0.05, 0.1) is 0 Å². The first-order valence-electron chi connectivity index (χ1n) is 5.97. The number of rotatable bonds is 7. The van der Waals surface area contributed by atoms with Crippen LogP contribution in [0.3, 0.4) is 0 Å². The third-order valence-corrected chi connectivity index (χ3v) is 5.13. The first kappa shape index (κ1) is 14.7. The highest BCUT2D eigenvalue weighted by Gasteiger charge is 2.22. The standard InChI is InChI=1S/C10H21IN2O2S/c11-7-3-1-4-8-12-16(14,15)13-9-5-2-6-10-13/h12H,1-10H2. The van der Waals surface area contributed by atoms with Crippen LogP contribution in [0.2, 0.25) is 0 Å². The van der Waals surface area contributed by atoms with Gasteiger partial charge < -0.3 is 0 Å². The zero-order chi connectivity index (χ0) is 11.9. The Morgan fingerprint density at radius 3 is 2.38 bits per heavy atom. The maximum atomic E-state index is 11.8. The molecule has 1 rings (SSSR count). The molecule has 4 nitrogen and oxygen atoms in total. The molecule has 0 radical (unpaired) electrons. The normalized spacial score (nSPS) is 18.8. The van der Waals surface area contributed by atoms with Crippen molar-refractivity contribution in [1.29, 1.82) is 0 Å². The molecular formula is C10H21IN2O2S. The van der Waals surface area contributed by atoms with E-state index in [4.69, 9.17) is 0 Å². The lowest BCUT2D eigenvalue weighted by molar-refractivity contribution is 0.341. The predicted molar refractivity (Wildman–Crippen MR) is 75.1 cm³/mol. The van der Waals surface area contributed by atoms with E-state index in [1.165, 1.54) is 6.42 Å². The Hall–Kier alpha value is 0.600. The lowest BCUT2D eigenvalue weighted by atomic mass is 10.2. The summed E-state index contributed by atoms with van der Waals surface area (Å²) in [6, 6.07) is 0. The smallest absolute Gasteiger partial charge is 0.202 e. The summed E-state index contributed by atoms with van der Waals surface area (Å²) >= 11 is 2.34. The van der Waals surface area contributed by atoms with Crippen LogP contribution in [0.25, 0.3) is 0 Å². The molecule has 1 N–H and O–H groups in total. The maximum Gasteiger partial charge on any atom is 0.279 e. The summed E-state index contributed by atoms with van der Waals surface area (Å²) < 4.78 is 29.1. The van der Waals surface area contributed by atoms with Gasteiger partial charge >= 0.3 is 0 Å². The molecule has 0 unspecified atom stereocenters. The van der Waals surface area contributed by atoms with Crippen LogP contribution in [0.4, 0.5) is 0 Å². The van der Waals surface area contributed by atoms with Gasteiger partial charge in [0, 0.05) is 19.6 Å². The van der Waals surface area contributed by atoms with E-state index >= 15 is 0 Å². The molecular weight excluding hydrogens is 339 g/mol. The van der Waals surface area contributed by atoms with Gasteiger partial charge in [0.15, 0.2) is 0 Å². The van der Waals surface area contributed by atoms with Gasteiger partial charge in [0.25, 0.3) is 10.2 Å². The highest BCUT2D eigenvalue weighted by atomic mass is 127. The molecule has 16 heavy (non-hydrogen) atoms. The van der Waals surface area contributed by atoms with Gasteiger partial charge in [-0.3, -0.25) is 0 Å². The lowest BCUT2D eigenvalue weighted by Gasteiger charge is -2.25. The minimum Gasteiger partial charge on any atom is -0.202 e. The lowest BCUT2D eigenvalue weighted by Crippen LogP contribution is -2.43. The number of alkyl halides is 1. The number of unbranched alkanes of at least 4 members (excludes halogenated alkanes) is 2. The highest BCUT2D eigenvalue weighted by Crippen LogP contribution is 2.11. The molecule has 0 aromatic heterocycles. The fraction of sp³-hybridized carbons (Fsp3) is 1.00. The van der Waals surface area contributed by atoms with Crippen molar-refractivity contribution < 1.29 is 8.42 Å². The second-order valence-electron chi connectivity index (χ2n) is 4.11. The van der Waals surface area contributed by atoms with E-state index in [2.05, 4.69) is 27.3 Å². The van der Waals surface area contributed by atoms with Crippen molar-refractivity contribution in [3.8, 4) is 0 Å². The molecule has 0 spiro atoms. The van der Waals surface area contributed by atoms with Gasteiger partial charge in [-0.2, -0.15) is 12.7 Å². The van der Waals surface area contributed by atoms with Crippen LogP contribution < -0.4 is 4.72 Å². The van der Waals surface area contributed by atoms with Crippen molar-refractivity contribution in [2.75, 3.05) is 24.1 Å². The number of hydrogen-bond acceptors (Lipinski definition) is 2. The molecule has 0 bridgehead atoms. The summed E-state index contributed by atoms with van der Waals surface area (Å²) in [6.45, 7) is 1.95. The Kier molecular flexibility index (Phi) is 7.18. The van der Waals surface area contributed by atoms with Gasteiger partial charge in [-0.25, -0.2) is 4.72 Å². The summed E-state index contributed by atoms with van der Waals surface area (Å²) in [7, 11) is -3.19. The van der Waals surface area contributed by atoms with Crippen LogP contribution in [0.15, 0.2) is 0 Å².